The lowest BCUT2D eigenvalue weighted by molar-refractivity contribution is -0.116. The van der Waals surface area contributed by atoms with Crippen molar-refractivity contribution in [3.63, 3.8) is 0 Å². The first-order valence-electron chi connectivity index (χ1n) is 7.74. The highest BCUT2D eigenvalue weighted by atomic mass is 16.7. The van der Waals surface area contributed by atoms with Gasteiger partial charge >= 0.3 is 0 Å². The highest BCUT2D eigenvalue weighted by Crippen LogP contribution is 2.36. The monoisotopic (exact) mass is 324 g/mol. The van der Waals surface area contributed by atoms with Gasteiger partial charge < -0.3 is 19.7 Å². The summed E-state index contributed by atoms with van der Waals surface area (Å²) in [5.41, 5.74) is 2.97. The normalized spacial score (nSPS) is 14.5. The number of carbonyl (C=O) groups is 2. The molecule has 2 aliphatic rings. The van der Waals surface area contributed by atoms with E-state index in [4.69, 9.17) is 9.47 Å². The molecular formula is C18H16N2O4. The molecule has 0 aliphatic carbocycles. The summed E-state index contributed by atoms with van der Waals surface area (Å²) >= 11 is 0. The number of rotatable bonds is 2. The first kappa shape index (κ1) is 14.6. The third-order valence-electron chi connectivity index (χ3n) is 4.26. The van der Waals surface area contributed by atoms with Crippen molar-refractivity contribution in [3.8, 4) is 11.5 Å². The Kier molecular flexibility index (Phi) is 3.37. The van der Waals surface area contributed by atoms with Crippen molar-refractivity contribution in [2.24, 2.45) is 0 Å². The first-order valence-corrected chi connectivity index (χ1v) is 7.74. The molecule has 2 aliphatic heterocycles. The molecule has 4 rings (SSSR count). The number of nitrogens with zero attached hydrogens (tertiary/aromatic N) is 1. The minimum absolute atomic E-state index is 0.0291. The standard InChI is InChI=1S/C18H16N2O4/c1-11(21)20-8-7-12-3-2-4-14(17(12)20)19-18(22)13-5-6-15-16(9-13)24-10-23-15/h2-6,9H,7-8,10H2,1H3,(H,19,22). The predicted molar refractivity (Wildman–Crippen MR) is 88.7 cm³/mol. The average Bonchev–Trinajstić information content (AvgIpc) is 3.21. The Morgan fingerprint density at radius 1 is 1.12 bits per heavy atom. The van der Waals surface area contributed by atoms with Crippen molar-refractivity contribution in [2.75, 3.05) is 23.6 Å². The van der Waals surface area contributed by atoms with E-state index in [1.54, 1.807) is 23.1 Å². The van der Waals surface area contributed by atoms with Crippen molar-refractivity contribution in [1.29, 1.82) is 0 Å². The van der Waals surface area contributed by atoms with E-state index < -0.39 is 0 Å². The minimum Gasteiger partial charge on any atom is -0.454 e. The molecule has 2 aromatic carbocycles. The highest BCUT2D eigenvalue weighted by Gasteiger charge is 2.26. The number of hydrogen-bond donors (Lipinski definition) is 1. The predicted octanol–water partition coefficient (Wildman–Crippen LogP) is 2.58. The van der Waals surface area contributed by atoms with E-state index in [1.165, 1.54) is 6.92 Å². The number of para-hydroxylation sites is 1. The van der Waals surface area contributed by atoms with Crippen LogP contribution in [-0.4, -0.2) is 25.2 Å². The van der Waals surface area contributed by atoms with E-state index in [2.05, 4.69) is 5.32 Å². The molecule has 1 N–H and O–H groups in total. The number of carbonyl (C=O) groups excluding carboxylic acids is 2. The zero-order chi connectivity index (χ0) is 16.7. The van der Waals surface area contributed by atoms with Gasteiger partial charge in [0.15, 0.2) is 11.5 Å². The molecule has 0 fully saturated rings. The molecule has 2 aromatic rings. The molecule has 24 heavy (non-hydrogen) atoms. The van der Waals surface area contributed by atoms with Crippen LogP contribution in [0.25, 0.3) is 0 Å². The largest absolute Gasteiger partial charge is 0.454 e. The Balaban J connectivity index is 1.63. The van der Waals surface area contributed by atoms with Crippen LogP contribution >= 0.6 is 0 Å². The Hall–Kier alpha value is -3.02. The summed E-state index contributed by atoms with van der Waals surface area (Å²) in [7, 11) is 0. The molecule has 0 spiro atoms. The molecule has 0 saturated heterocycles. The molecule has 0 atom stereocenters. The van der Waals surface area contributed by atoms with Crippen LogP contribution in [-0.2, 0) is 11.2 Å². The number of anilines is 2. The number of nitrogens with one attached hydrogen (secondary N) is 1. The summed E-state index contributed by atoms with van der Waals surface area (Å²) in [5.74, 6) is 0.914. The second-order valence-electron chi connectivity index (χ2n) is 5.76. The fraction of sp³-hybridized carbons (Fsp3) is 0.222. The zero-order valence-electron chi connectivity index (χ0n) is 13.2. The summed E-state index contributed by atoms with van der Waals surface area (Å²) in [6.07, 6.45) is 0.794. The molecule has 0 bridgehead atoms. The SMILES string of the molecule is CC(=O)N1CCc2cccc(NC(=O)c3ccc4c(c3)OCO4)c21. The number of fused-ring (bicyclic) bond motifs is 2. The number of amides is 2. The minimum atomic E-state index is -0.253. The maximum absolute atomic E-state index is 12.6. The van der Waals surface area contributed by atoms with Crippen LogP contribution in [0.3, 0.4) is 0 Å². The number of ether oxygens (including phenoxy) is 2. The van der Waals surface area contributed by atoms with Crippen molar-refractivity contribution in [1.82, 2.24) is 0 Å². The first-order chi connectivity index (χ1) is 11.6. The van der Waals surface area contributed by atoms with E-state index in [9.17, 15) is 9.59 Å². The van der Waals surface area contributed by atoms with Crippen LogP contribution < -0.4 is 19.7 Å². The fourth-order valence-corrected chi connectivity index (χ4v) is 3.10. The van der Waals surface area contributed by atoms with Gasteiger partial charge in [-0.2, -0.15) is 0 Å². The molecule has 0 radical (unpaired) electrons. The smallest absolute Gasteiger partial charge is 0.255 e. The maximum Gasteiger partial charge on any atom is 0.255 e. The van der Waals surface area contributed by atoms with Crippen molar-refractivity contribution in [3.05, 3.63) is 47.5 Å². The van der Waals surface area contributed by atoms with Crippen molar-refractivity contribution < 1.29 is 19.1 Å². The van der Waals surface area contributed by atoms with Crippen LogP contribution in [0.5, 0.6) is 11.5 Å². The quantitative estimate of drug-likeness (QED) is 0.922. The van der Waals surface area contributed by atoms with Gasteiger partial charge in [0.2, 0.25) is 12.7 Å². The summed E-state index contributed by atoms with van der Waals surface area (Å²) < 4.78 is 10.6. The third kappa shape index (κ3) is 2.36. The van der Waals surface area contributed by atoms with Gasteiger partial charge in [-0.15, -0.1) is 0 Å². The third-order valence-corrected chi connectivity index (χ3v) is 4.26. The van der Waals surface area contributed by atoms with Crippen LogP contribution in [0.1, 0.15) is 22.8 Å². The van der Waals surface area contributed by atoms with E-state index in [0.717, 1.165) is 17.7 Å². The summed E-state index contributed by atoms with van der Waals surface area (Å²) in [6, 6.07) is 10.7. The topological polar surface area (TPSA) is 67.9 Å². The molecule has 0 aromatic heterocycles. The Morgan fingerprint density at radius 2 is 1.96 bits per heavy atom. The lowest BCUT2D eigenvalue weighted by Crippen LogP contribution is -2.27. The van der Waals surface area contributed by atoms with Gasteiger partial charge in [0.25, 0.3) is 5.91 Å². The van der Waals surface area contributed by atoms with Crippen LogP contribution in [0.2, 0.25) is 0 Å². The number of hydrogen-bond acceptors (Lipinski definition) is 4. The van der Waals surface area contributed by atoms with Crippen LogP contribution in [0, 0.1) is 0 Å². The lowest BCUT2D eigenvalue weighted by atomic mass is 10.1. The van der Waals surface area contributed by atoms with E-state index in [-0.39, 0.29) is 18.6 Å². The Morgan fingerprint density at radius 3 is 2.79 bits per heavy atom. The molecule has 122 valence electrons. The van der Waals surface area contributed by atoms with Crippen molar-refractivity contribution in [2.45, 2.75) is 13.3 Å². The molecule has 2 amide bonds. The molecule has 6 heteroatoms. The van der Waals surface area contributed by atoms with E-state index in [1.807, 2.05) is 18.2 Å². The fourth-order valence-electron chi connectivity index (χ4n) is 3.10. The second-order valence-corrected chi connectivity index (χ2v) is 5.76. The van der Waals surface area contributed by atoms with Gasteiger partial charge in [0, 0.05) is 19.0 Å². The lowest BCUT2D eigenvalue weighted by Gasteiger charge is -2.19. The molecule has 6 nitrogen and oxygen atoms in total. The summed E-state index contributed by atoms with van der Waals surface area (Å²) in [5, 5.41) is 2.91. The van der Waals surface area contributed by atoms with Gasteiger partial charge in [-0.05, 0) is 36.2 Å². The summed E-state index contributed by atoms with van der Waals surface area (Å²) in [6.45, 7) is 2.34. The average molecular weight is 324 g/mol. The Bertz CT molecular complexity index is 847. The van der Waals surface area contributed by atoms with Gasteiger partial charge in [-0.1, -0.05) is 12.1 Å². The summed E-state index contributed by atoms with van der Waals surface area (Å²) in [4.78, 5) is 26.1. The van der Waals surface area contributed by atoms with E-state index >= 15 is 0 Å². The van der Waals surface area contributed by atoms with Gasteiger partial charge in [-0.3, -0.25) is 9.59 Å². The zero-order valence-corrected chi connectivity index (χ0v) is 13.2. The van der Waals surface area contributed by atoms with Gasteiger partial charge in [0.1, 0.15) is 0 Å². The number of benzene rings is 2. The van der Waals surface area contributed by atoms with Crippen LogP contribution in [0.15, 0.2) is 36.4 Å². The Labute approximate surface area is 139 Å². The molecule has 2 heterocycles. The maximum atomic E-state index is 12.6. The van der Waals surface area contributed by atoms with E-state index in [0.29, 0.717) is 29.3 Å². The van der Waals surface area contributed by atoms with Crippen LogP contribution in [0.4, 0.5) is 11.4 Å². The van der Waals surface area contributed by atoms with Crippen molar-refractivity contribution >= 4 is 23.2 Å². The second kappa shape index (κ2) is 5.56. The molecule has 0 saturated carbocycles. The highest BCUT2D eigenvalue weighted by molar-refractivity contribution is 6.08. The molecule has 0 unspecified atom stereocenters. The van der Waals surface area contributed by atoms with Gasteiger partial charge in [0.05, 0.1) is 11.4 Å². The molecular weight excluding hydrogens is 308 g/mol. The van der Waals surface area contributed by atoms with Gasteiger partial charge in [-0.25, -0.2) is 0 Å².